The molecule has 1 aliphatic carbocycles. The summed E-state index contributed by atoms with van der Waals surface area (Å²) in [7, 11) is 1.79. The Bertz CT molecular complexity index is 365. The van der Waals surface area contributed by atoms with Crippen molar-refractivity contribution in [2.45, 2.75) is 38.3 Å². The lowest BCUT2D eigenvalue weighted by Gasteiger charge is -2.16. The van der Waals surface area contributed by atoms with Crippen molar-refractivity contribution >= 4 is 11.4 Å². The molecule has 0 bridgehead atoms. The smallest absolute Gasteiger partial charge is 0.0591 e. The van der Waals surface area contributed by atoms with Crippen LogP contribution in [0.5, 0.6) is 0 Å². The number of anilines is 2. The third-order valence-electron chi connectivity index (χ3n) is 3.29. The van der Waals surface area contributed by atoms with Gasteiger partial charge in [0, 0.05) is 13.2 Å². The molecule has 1 aromatic carbocycles. The Morgan fingerprint density at radius 2 is 2.19 bits per heavy atom. The minimum atomic E-state index is 0.406. The number of aryl methyl sites for hydroxylation is 1. The lowest BCUT2D eigenvalue weighted by atomic mass is 10.1. The Kier molecular flexibility index (Phi) is 3.34. The molecule has 88 valence electrons. The summed E-state index contributed by atoms with van der Waals surface area (Å²) in [4.78, 5) is 0. The van der Waals surface area contributed by atoms with Gasteiger partial charge in [-0.15, -0.1) is 0 Å². The Morgan fingerprint density at radius 3 is 2.88 bits per heavy atom. The summed E-state index contributed by atoms with van der Waals surface area (Å²) in [6, 6.07) is 6.59. The molecular weight excluding hydrogens is 200 g/mol. The summed E-state index contributed by atoms with van der Waals surface area (Å²) in [6.07, 6.45) is 3.78. The standard InChI is InChI=1S/C13H20N2O/c1-9-3-6-12(14)13(7-9)15-10-4-5-11(8-10)16-2/h3,6-7,10-11,15H,4-5,8,14H2,1-2H3. The van der Waals surface area contributed by atoms with Crippen molar-refractivity contribution < 1.29 is 4.74 Å². The van der Waals surface area contributed by atoms with Gasteiger partial charge in [-0.05, 0) is 43.9 Å². The van der Waals surface area contributed by atoms with Crippen molar-refractivity contribution in [2.75, 3.05) is 18.2 Å². The molecule has 0 aromatic heterocycles. The van der Waals surface area contributed by atoms with E-state index in [0.29, 0.717) is 12.1 Å². The molecule has 0 spiro atoms. The van der Waals surface area contributed by atoms with E-state index >= 15 is 0 Å². The van der Waals surface area contributed by atoms with Gasteiger partial charge in [-0.25, -0.2) is 0 Å². The van der Waals surface area contributed by atoms with Crippen molar-refractivity contribution in [3.05, 3.63) is 23.8 Å². The van der Waals surface area contributed by atoms with Crippen molar-refractivity contribution in [2.24, 2.45) is 0 Å². The number of ether oxygens (including phenoxy) is 1. The second-order valence-corrected chi connectivity index (χ2v) is 4.60. The Hall–Kier alpha value is -1.22. The van der Waals surface area contributed by atoms with Gasteiger partial charge in [0.25, 0.3) is 0 Å². The maximum absolute atomic E-state index is 5.94. The van der Waals surface area contributed by atoms with Crippen LogP contribution < -0.4 is 11.1 Å². The Morgan fingerprint density at radius 1 is 1.38 bits per heavy atom. The lowest BCUT2D eigenvalue weighted by molar-refractivity contribution is 0.108. The number of benzene rings is 1. The van der Waals surface area contributed by atoms with E-state index in [0.717, 1.165) is 30.6 Å². The van der Waals surface area contributed by atoms with E-state index in [1.165, 1.54) is 5.56 Å². The SMILES string of the molecule is COC1CCC(Nc2cc(C)ccc2N)C1. The molecule has 1 aromatic rings. The number of methoxy groups -OCH3 is 1. The van der Waals surface area contributed by atoms with Gasteiger partial charge in [0.1, 0.15) is 0 Å². The second-order valence-electron chi connectivity index (χ2n) is 4.60. The molecule has 0 saturated heterocycles. The van der Waals surface area contributed by atoms with Crippen LogP contribution in [0.15, 0.2) is 18.2 Å². The summed E-state index contributed by atoms with van der Waals surface area (Å²) in [5.74, 6) is 0. The topological polar surface area (TPSA) is 47.3 Å². The minimum absolute atomic E-state index is 0.406. The average Bonchev–Trinajstić information content (AvgIpc) is 2.71. The fraction of sp³-hybridized carbons (Fsp3) is 0.538. The fourth-order valence-corrected chi connectivity index (χ4v) is 2.30. The molecule has 0 aliphatic heterocycles. The van der Waals surface area contributed by atoms with Gasteiger partial charge in [0.15, 0.2) is 0 Å². The summed E-state index contributed by atoms with van der Waals surface area (Å²) < 4.78 is 5.36. The first-order chi connectivity index (χ1) is 7.69. The van der Waals surface area contributed by atoms with E-state index in [1.807, 2.05) is 12.1 Å². The number of nitrogens with one attached hydrogen (secondary N) is 1. The zero-order valence-electron chi connectivity index (χ0n) is 9.99. The van der Waals surface area contributed by atoms with Crippen LogP contribution in [-0.2, 0) is 4.74 Å². The van der Waals surface area contributed by atoms with Crippen LogP contribution in [0.1, 0.15) is 24.8 Å². The third kappa shape index (κ3) is 2.47. The van der Waals surface area contributed by atoms with E-state index in [-0.39, 0.29) is 0 Å². The van der Waals surface area contributed by atoms with Crippen LogP contribution in [-0.4, -0.2) is 19.3 Å². The first kappa shape index (κ1) is 11.3. The first-order valence-electron chi connectivity index (χ1n) is 5.84. The molecule has 0 heterocycles. The van der Waals surface area contributed by atoms with E-state index in [2.05, 4.69) is 18.3 Å². The molecular formula is C13H20N2O. The summed E-state index contributed by atoms with van der Waals surface area (Å²) >= 11 is 0. The van der Waals surface area contributed by atoms with Gasteiger partial charge < -0.3 is 15.8 Å². The summed E-state index contributed by atoms with van der Waals surface area (Å²) in [6.45, 7) is 2.08. The first-order valence-corrected chi connectivity index (χ1v) is 5.84. The van der Waals surface area contributed by atoms with Crippen LogP contribution in [0.2, 0.25) is 0 Å². The van der Waals surface area contributed by atoms with E-state index < -0.39 is 0 Å². The van der Waals surface area contributed by atoms with Gasteiger partial charge in [-0.2, -0.15) is 0 Å². The molecule has 3 nitrogen and oxygen atoms in total. The van der Waals surface area contributed by atoms with Crippen molar-refractivity contribution in [1.29, 1.82) is 0 Å². The third-order valence-corrected chi connectivity index (χ3v) is 3.29. The fourth-order valence-electron chi connectivity index (χ4n) is 2.30. The van der Waals surface area contributed by atoms with Gasteiger partial charge >= 0.3 is 0 Å². The molecule has 2 unspecified atom stereocenters. The van der Waals surface area contributed by atoms with E-state index in [9.17, 15) is 0 Å². The molecule has 0 amide bonds. The maximum atomic E-state index is 5.94. The molecule has 16 heavy (non-hydrogen) atoms. The van der Waals surface area contributed by atoms with Gasteiger partial charge in [0.2, 0.25) is 0 Å². The number of hydrogen-bond acceptors (Lipinski definition) is 3. The van der Waals surface area contributed by atoms with Crippen molar-refractivity contribution in [1.82, 2.24) is 0 Å². The highest BCUT2D eigenvalue weighted by atomic mass is 16.5. The molecule has 1 saturated carbocycles. The molecule has 1 aliphatic rings. The van der Waals surface area contributed by atoms with Crippen LogP contribution in [0.4, 0.5) is 11.4 Å². The number of rotatable bonds is 3. The zero-order valence-corrected chi connectivity index (χ0v) is 9.99. The molecule has 3 heteroatoms. The molecule has 3 N–H and O–H groups in total. The van der Waals surface area contributed by atoms with Crippen LogP contribution >= 0.6 is 0 Å². The van der Waals surface area contributed by atoms with Crippen LogP contribution in [0.3, 0.4) is 0 Å². The average molecular weight is 220 g/mol. The van der Waals surface area contributed by atoms with Gasteiger partial charge in [-0.3, -0.25) is 0 Å². The highest BCUT2D eigenvalue weighted by Crippen LogP contribution is 2.27. The quantitative estimate of drug-likeness (QED) is 0.770. The molecule has 2 rings (SSSR count). The number of nitrogen functional groups attached to an aromatic ring is 1. The summed E-state index contributed by atoms with van der Waals surface area (Å²) in [5, 5.41) is 3.51. The zero-order chi connectivity index (χ0) is 11.5. The van der Waals surface area contributed by atoms with Crippen molar-refractivity contribution in [3.63, 3.8) is 0 Å². The Labute approximate surface area is 97.0 Å². The lowest BCUT2D eigenvalue weighted by Crippen LogP contribution is -2.18. The predicted octanol–water partition coefficient (Wildman–Crippen LogP) is 2.56. The van der Waals surface area contributed by atoms with Crippen LogP contribution in [0, 0.1) is 6.92 Å². The summed E-state index contributed by atoms with van der Waals surface area (Å²) in [5.41, 5.74) is 9.06. The van der Waals surface area contributed by atoms with E-state index in [1.54, 1.807) is 7.11 Å². The largest absolute Gasteiger partial charge is 0.397 e. The molecule has 0 radical (unpaired) electrons. The normalized spacial score (nSPS) is 24.6. The molecule has 1 fully saturated rings. The van der Waals surface area contributed by atoms with Gasteiger partial charge in [-0.1, -0.05) is 6.07 Å². The van der Waals surface area contributed by atoms with Gasteiger partial charge in [0.05, 0.1) is 17.5 Å². The van der Waals surface area contributed by atoms with E-state index in [4.69, 9.17) is 10.5 Å². The van der Waals surface area contributed by atoms with Crippen molar-refractivity contribution in [3.8, 4) is 0 Å². The predicted molar refractivity (Wildman–Crippen MR) is 67.7 cm³/mol. The monoisotopic (exact) mass is 220 g/mol. The minimum Gasteiger partial charge on any atom is -0.397 e. The Balaban J connectivity index is 2.01. The highest BCUT2D eigenvalue weighted by molar-refractivity contribution is 5.67. The number of nitrogens with two attached hydrogens (primary N) is 1. The number of hydrogen-bond donors (Lipinski definition) is 2. The second kappa shape index (κ2) is 4.74. The highest BCUT2D eigenvalue weighted by Gasteiger charge is 2.24. The molecule has 2 atom stereocenters. The maximum Gasteiger partial charge on any atom is 0.0591 e. The van der Waals surface area contributed by atoms with Crippen LogP contribution in [0.25, 0.3) is 0 Å².